The normalized spacial score (nSPS) is 12.3. The van der Waals surface area contributed by atoms with Crippen LogP contribution in [0.5, 0.6) is 0 Å². The van der Waals surface area contributed by atoms with Gasteiger partial charge >= 0.3 is 0 Å². The van der Waals surface area contributed by atoms with Crippen LogP contribution in [0.15, 0.2) is 23.1 Å². The molecule has 5 nitrogen and oxygen atoms in total. The molecule has 0 saturated carbocycles. The third kappa shape index (κ3) is 5.03. The summed E-state index contributed by atoms with van der Waals surface area (Å²) in [4.78, 5) is -0.311. The summed E-state index contributed by atoms with van der Waals surface area (Å²) < 4.78 is 45.1. The Kier molecular flexibility index (Phi) is 6.73. The Labute approximate surface area is 126 Å². The molecule has 1 rings (SSSR count). The van der Waals surface area contributed by atoms with Crippen molar-refractivity contribution in [2.75, 3.05) is 27.2 Å². The highest BCUT2D eigenvalue weighted by atomic mass is 32.2. The topological polar surface area (TPSA) is 58.6 Å². The lowest BCUT2D eigenvalue weighted by molar-refractivity contribution is 0.0737. The zero-order chi connectivity index (χ0) is 16.0. The first-order valence-electron chi connectivity index (χ1n) is 6.80. The molecule has 0 fully saturated rings. The fourth-order valence-electron chi connectivity index (χ4n) is 1.77. The summed E-state index contributed by atoms with van der Waals surface area (Å²) in [5, 5.41) is 2.89. The summed E-state index contributed by atoms with van der Waals surface area (Å²) in [6.07, 6.45) is 0.0265. The number of nitrogens with one attached hydrogen (secondary N) is 1. The molecule has 0 amide bonds. The predicted octanol–water partition coefficient (Wildman–Crippen LogP) is 1.59. The number of ether oxygens (including phenoxy) is 1. The molecule has 21 heavy (non-hydrogen) atoms. The number of sulfonamides is 1. The van der Waals surface area contributed by atoms with E-state index < -0.39 is 15.8 Å². The number of hydrogen-bond acceptors (Lipinski definition) is 4. The molecule has 0 radical (unpaired) electrons. The molecule has 0 aliphatic rings. The second-order valence-corrected chi connectivity index (χ2v) is 7.05. The molecular formula is C14H23FN2O3S. The van der Waals surface area contributed by atoms with Crippen LogP contribution < -0.4 is 5.32 Å². The smallest absolute Gasteiger partial charge is 0.245 e. The van der Waals surface area contributed by atoms with Gasteiger partial charge in [0.15, 0.2) is 0 Å². The van der Waals surface area contributed by atoms with E-state index >= 15 is 0 Å². The molecule has 0 saturated heterocycles. The molecule has 0 heterocycles. The highest BCUT2D eigenvalue weighted by molar-refractivity contribution is 7.89. The summed E-state index contributed by atoms with van der Waals surface area (Å²) in [6.45, 7) is 4.67. The van der Waals surface area contributed by atoms with Gasteiger partial charge in [0, 0.05) is 20.1 Å². The third-order valence-corrected chi connectivity index (χ3v) is 4.81. The number of nitrogens with zero attached hydrogens (tertiary/aromatic N) is 1. The van der Waals surface area contributed by atoms with Crippen molar-refractivity contribution in [1.82, 2.24) is 9.62 Å². The van der Waals surface area contributed by atoms with E-state index in [1.165, 1.54) is 19.2 Å². The van der Waals surface area contributed by atoms with Gasteiger partial charge in [-0.25, -0.2) is 12.8 Å². The van der Waals surface area contributed by atoms with Crippen LogP contribution in [0.4, 0.5) is 4.39 Å². The zero-order valence-electron chi connectivity index (χ0n) is 12.9. The Morgan fingerprint density at radius 1 is 1.38 bits per heavy atom. The van der Waals surface area contributed by atoms with E-state index in [1.807, 2.05) is 13.8 Å². The van der Waals surface area contributed by atoms with E-state index in [0.29, 0.717) is 12.1 Å². The number of benzene rings is 1. The van der Waals surface area contributed by atoms with Gasteiger partial charge in [0.25, 0.3) is 0 Å². The maximum absolute atomic E-state index is 14.0. The maximum Gasteiger partial charge on any atom is 0.245 e. The highest BCUT2D eigenvalue weighted by Gasteiger charge is 2.24. The minimum absolute atomic E-state index is 0.0265. The van der Waals surface area contributed by atoms with E-state index in [1.54, 1.807) is 13.1 Å². The van der Waals surface area contributed by atoms with Gasteiger partial charge < -0.3 is 10.1 Å². The highest BCUT2D eigenvalue weighted by Crippen LogP contribution is 2.19. The van der Waals surface area contributed by atoms with Gasteiger partial charge in [-0.1, -0.05) is 6.07 Å². The Hall–Kier alpha value is -1.02. The quantitative estimate of drug-likeness (QED) is 0.791. The standard InChI is InChI=1S/C14H23FN2O3S/c1-11(2)20-8-7-17(4)21(18,19)14-6-5-12(10-16-3)9-13(14)15/h5-6,9,11,16H,7-8,10H2,1-4H3. The maximum atomic E-state index is 14.0. The molecule has 1 N–H and O–H groups in total. The van der Waals surface area contributed by atoms with E-state index in [0.717, 1.165) is 4.31 Å². The van der Waals surface area contributed by atoms with Crippen molar-refractivity contribution in [2.24, 2.45) is 0 Å². The monoisotopic (exact) mass is 318 g/mol. The van der Waals surface area contributed by atoms with Crippen LogP contribution in [0.1, 0.15) is 19.4 Å². The summed E-state index contributed by atoms with van der Waals surface area (Å²) in [5.74, 6) is -0.737. The first-order valence-corrected chi connectivity index (χ1v) is 8.24. The van der Waals surface area contributed by atoms with Crippen molar-refractivity contribution in [3.63, 3.8) is 0 Å². The van der Waals surface area contributed by atoms with Crippen molar-refractivity contribution >= 4 is 10.0 Å². The number of halogens is 1. The zero-order valence-corrected chi connectivity index (χ0v) is 13.7. The van der Waals surface area contributed by atoms with Crippen molar-refractivity contribution in [1.29, 1.82) is 0 Å². The predicted molar refractivity (Wildman–Crippen MR) is 80.1 cm³/mol. The first-order chi connectivity index (χ1) is 9.78. The van der Waals surface area contributed by atoms with Gasteiger partial charge in [0.1, 0.15) is 10.7 Å². The van der Waals surface area contributed by atoms with Crippen molar-refractivity contribution in [3.8, 4) is 0 Å². The molecular weight excluding hydrogens is 295 g/mol. The Bertz CT molecular complexity index is 561. The molecule has 0 unspecified atom stereocenters. The third-order valence-electron chi connectivity index (χ3n) is 2.92. The summed E-state index contributed by atoms with van der Waals surface area (Å²) in [5.41, 5.74) is 0.694. The van der Waals surface area contributed by atoms with Crippen LogP contribution >= 0.6 is 0 Å². The van der Waals surface area contributed by atoms with Crippen LogP contribution in [0.3, 0.4) is 0 Å². The number of likely N-dealkylation sites (N-methyl/N-ethyl adjacent to an activating group) is 1. The molecule has 0 spiro atoms. The summed E-state index contributed by atoms with van der Waals surface area (Å²) in [6, 6.07) is 4.14. The van der Waals surface area contributed by atoms with Gasteiger partial charge in [-0.05, 0) is 38.6 Å². The molecule has 7 heteroatoms. The van der Waals surface area contributed by atoms with Crippen LogP contribution in [0.2, 0.25) is 0 Å². The lowest BCUT2D eigenvalue weighted by Crippen LogP contribution is -2.31. The average Bonchev–Trinajstić information content (AvgIpc) is 2.38. The lowest BCUT2D eigenvalue weighted by atomic mass is 10.2. The van der Waals surface area contributed by atoms with Gasteiger partial charge in [-0.3, -0.25) is 0 Å². The van der Waals surface area contributed by atoms with E-state index in [4.69, 9.17) is 4.74 Å². The molecule has 0 aliphatic carbocycles. The Morgan fingerprint density at radius 3 is 2.57 bits per heavy atom. The second-order valence-electron chi connectivity index (χ2n) is 5.04. The van der Waals surface area contributed by atoms with Gasteiger partial charge in [0.2, 0.25) is 10.0 Å². The molecule has 0 aromatic heterocycles. The largest absolute Gasteiger partial charge is 0.377 e. The van der Waals surface area contributed by atoms with Crippen molar-refractivity contribution < 1.29 is 17.5 Å². The molecule has 120 valence electrons. The van der Waals surface area contributed by atoms with E-state index in [9.17, 15) is 12.8 Å². The Morgan fingerprint density at radius 2 is 2.05 bits per heavy atom. The SMILES string of the molecule is CNCc1ccc(S(=O)(=O)N(C)CCOC(C)C)c(F)c1. The first kappa shape index (κ1) is 18.0. The molecule has 0 atom stereocenters. The number of rotatable bonds is 8. The van der Waals surface area contributed by atoms with Gasteiger partial charge in [0.05, 0.1) is 12.7 Å². The minimum Gasteiger partial charge on any atom is -0.377 e. The van der Waals surface area contributed by atoms with Crippen molar-refractivity contribution in [2.45, 2.75) is 31.4 Å². The molecule has 1 aromatic carbocycles. The second kappa shape index (κ2) is 7.84. The molecule has 1 aromatic rings. The van der Waals surface area contributed by atoms with E-state index in [2.05, 4.69) is 5.32 Å². The molecule has 0 aliphatic heterocycles. The van der Waals surface area contributed by atoms with Crippen LogP contribution in [-0.4, -0.2) is 46.1 Å². The number of hydrogen-bond donors (Lipinski definition) is 1. The summed E-state index contributed by atoms with van der Waals surface area (Å²) in [7, 11) is -0.684. The Balaban J connectivity index is 2.86. The minimum atomic E-state index is -3.84. The van der Waals surface area contributed by atoms with Crippen LogP contribution in [-0.2, 0) is 21.3 Å². The fraction of sp³-hybridized carbons (Fsp3) is 0.571. The lowest BCUT2D eigenvalue weighted by Gasteiger charge is -2.18. The van der Waals surface area contributed by atoms with Gasteiger partial charge in [-0.2, -0.15) is 4.31 Å². The van der Waals surface area contributed by atoms with Crippen LogP contribution in [0.25, 0.3) is 0 Å². The van der Waals surface area contributed by atoms with E-state index in [-0.39, 0.29) is 24.2 Å². The fourth-order valence-corrected chi connectivity index (χ4v) is 2.97. The van der Waals surface area contributed by atoms with Crippen molar-refractivity contribution in [3.05, 3.63) is 29.6 Å². The summed E-state index contributed by atoms with van der Waals surface area (Å²) >= 11 is 0. The average molecular weight is 318 g/mol. The van der Waals surface area contributed by atoms with Gasteiger partial charge in [-0.15, -0.1) is 0 Å². The molecule has 0 bridgehead atoms. The van der Waals surface area contributed by atoms with Crippen LogP contribution in [0, 0.1) is 5.82 Å².